The molecule has 0 radical (unpaired) electrons. The highest BCUT2D eigenvalue weighted by atomic mass is 19.4. The summed E-state index contributed by atoms with van der Waals surface area (Å²) in [4.78, 5) is 22.4. The number of ether oxygens (including phenoxy) is 1. The third-order valence-electron chi connectivity index (χ3n) is 2.06. The fourth-order valence-corrected chi connectivity index (χ4v) is 1.16. The zero-order valence-corrected chi connectivity index (χ0v) is 9.96. The Kier molecular flexibility index (Phi) is 4.89. The highest BCUT2D eigenvalue weighted by molar-refractivity contribution is 5.96. The van der Waals surface area contributed by atoms with Gasteiger partial charge in [-0.2, -0.15) is 13.2 Å². The summed E-state index contributed by atoms with van der Waals surface area (Å²) < 4.78 is 52.7. The van der Waals surface area contributed by atoms with Crippen molar-refractivity contribution < 1.29 is 31.9 Å². The lowest BCUT2D eigenvalue weighted by Gasteiger charge is -2.09. The first-order valence-corrected chi connectivity index (χ1v) is 5.24. The van der Waals surface area contributed by atoms with E-state index in [9.17, 15) is 27.2 Å². The molecule has 0 aromatic heterocycles. The first-order chi connectivity index (χ1) is 9.19. The molecule has 0 fully saturated rings. The van der Waals surface area contributed by atoms with Crippen molar-refractivity contribution in [3.05, 3.63) is 29.6 Å². The van der Waals surface area contributed by atoms with E-state index in [-0.39, 0.29) is 11.3 Å². The minimum absolute atomic E-state index is 0.0768. The van der Waals surface area contributed by atoms with Crippen molar-refractivity contribution in [2.45, 2.75) is 6.18 Å². The van der Waals surface area contributed by atoms with E-state index < -0.39 is 37.0 Å². The lowest BCUT2D eigenvalue weighted by Crippen LogP contribution is -2.36. The fraction of sp³-hybridized carbons (Fsp3) is 0.273. The summed E-state index contributed by atoms with van der Waals surface area (Å²) in [7, 11) is 0. The van der Waals surface area contributed by atoms with Crippen molar-refractivity contribution in [3.63, 3.8) is 0 Å². The molecule has 0 atom stereocenters. The van der Waals surface area contributed by atoms with Gasteiger partial charge in [-0.1, -0.05) is 0 Å². The standard InChI is InChI=1S/C11H10F4N2O3/c12-6-1-2-8(16)7(3-6)10(19)20-4-9(18)17-5-11(13,14)15/h1-3H,4-5,16H2,(H,17,18). The molecule has 110 valence electrons. The molecule has 1 amide bonds. The summed E-state index contributed by atoms with van der Waals surface area (Å²) in [6.07, 6.45) is -4.56. The van der Waals surface area contributed by atoms with Crippen LogP contribution in [0, 0.1) is 5.82 Å². The second-order valence-corrected chi connectivity index (χ2v) is 3.70. The topological polar surface area (TPSA) is 81.4 Å². The smallest absolute Gasteiger partial charge is 0.405 e. The normalized spacial score (nSPS) is 11.0. The number of carbonyl (C=O) groups is 2. The van der Waals surface area contributed by atoms with Gasteiger partial charge in [-0.15, -0.1) is 0 Å². The largest absolute Gasteiger partial charge is 0.452 e. The number of amides is 1. The molecule has 0 saturated carbocycles. The second kappa shape index (κ2) is 6.22. The third-order valence-corrected chi connectivity index (χ3v) is 2.06. The van der Waals surface area contributed by atoms with Crippen LogP contribution < -0.4 is 11.1 Å². The number of carbonyl (C=O) groups excluding carboxylic acids is 2. The van der Waals surface area contributed by atoms with Crippen LogP contribution in [0.3, 0.4) is 0 Å². The molecule has 0 unspecified atom stereocenters. The first kappa shape index (κ1) is 15.7. The molecule has 0 aliphatic rings. The van der Waals surface area contributed by atoms with Crippen LogP contribution in [0.2, 0.25) is 0 Å². The van der Waals surface area contributed by atoms with Crippen LogP contribution in [-0.4, -0.2) is 31.2 Å². The van der Waals surface area contributed by atoms with Crippen LogP contribution in [0.1, 0.15) is 10.4 Å². The monoisotopic (exact) mass is 294 g/mol. The molecule has 0 aliphatic carbocycles. The van der Waals surface area contributed by atoms with Crippen molar-refractivity contribution in [2.24, 2.45) is 0 Å². The number of hydrogen-bond donors (Lipinski definition) is 2. The maximum atomic E-state index is 12.9. The number of anilines is 1. The van der Waals surface area contributed by atoms with Gasteiger partial charge in [-0.05, 0) is 18.2 Å². The predicted molar refractivity (Wildman–Crippen MR) is 60.2 cm³/mol. The molecule has 5 nitrogen and oxygen atoms in total. The number of nitrogens with one attached hydrogen (secondary N) is 1. The summed E-state index contributed by atoms with van der Waals surface area (Å²) in [5.74, 6) is -2.98. The molecule has 1 aromatic carbocycles. The zero-order chi connectivity index (χ0) is 15.3. The summed E-state index contributed by atoms with van der Waals surface area (Å²) >= 11 is 0. The molecular weight excluding hydrogens is 284 g/mol. The van der Waals surface area contributed by atoms with Crippen LogP contribution in [0.5, 0.6) is 0 Å². The van der Waals surface area contributed by atoms with Crippen molar-refractivity contribution in [1.82, 2.24) is 5.32 Å². The van der Waals surface area contributed by atoms with Crippen LogP contribution >= 0.6 is 0 Å². The van der Waals surface area contributed by atoms with E-state index >= 15 is 0 Å². The van der Waals surface area contributed by atoms with Crippen LogP contribution in [0.4, 0.5) is 23.2 Å². The minimum Gasteiger partial charge on any atom is -0.452 e. The zero-order valence-electron chi connectivity index (χ0n) is 9.96. The number of halogens is 4. The van der Waals surface area contributed by atoms with E-state index in [0.717, 1.165) is 18.2 Å². The van der Waals surface area contributed by atoms with Gasteiger partial charge in [0, 0.05) is 5.69 Å². The maximum Gasteiger partial charge on any atom is 0.405 e. The number of alkyl halides is 3. The molecule has 1 rings (SSSR count). The van der Waals surface area contributed by atoms with Crippen molar-refractivity contribution in [1.29, 1.82) is 0 Å². The average Bonchev–Trinajstić information content (AvgIpc) is 2.35. The van der Waals surface area contributed by atoms with Crippen LogP contribution in [0.15, 0.2) is 18.2 Å². The van der Waals surface area contributed by atoms with E-state index in [4.69, 9.17) is 5.73 Å². The molecule has 0 bridgehead atoms. The summed E-state index contributed by atoms with van der Waals surface area (Å²) in [6, 6.07) is 2.93. The maximum absolute atomic E-state index is 12.9. The SMILES string of the molecule is Nc1ccc(F)cc1C(=O)OCC(=O)NCC(F)(F)F. The molecular formula is C11H10F4N2O3. The predicted octanol–water partition coefficient (Wildman–Crippen LogP) is 1.24. The van der Waals surface area contributed by atoms with Crippen LogP contribution in [-0.2, 0) is 9.53 Å². The van der Waals surface area contributed by atoms with Crippen LogP contribution in [0.25, 0.3) is 0 Å². The summed E-state index contributed by atoms with van der Waals surface area (Å²) in [6.45, 7) is -2.46. The lowest BCUT2D eigenvalue weighted by atomic mass is 10.2. The Morgan fingerprint density at radius 1 is 1.30 bits per heavy atom. The molecule has 0 aliphatic heterocycles. The molecule has 20 heavy (non-hydrogen) atoms. The number of esters is 1. The quantitative estimate of drug-likeness (QED) is 0.497. The second-order valence-electron chi connectivity index (χ2n) is 3.70. The van der Waals surface area contributed by atoms with Crippen molar-refractivity contribution in [3.8, 4) is 0 Å². The number of nitrogens with two attached hydrogens (primary N) is 1. The summed E-state index contributed by atoms with van der Waals surface area (Å²) in [5.41, 5.74) is 5.01. The number of nitrogen functional groups attached to an aromatic ring is 1. The molecule has 9 heteroatoms. The number of rotatable bonds is 4. The molecule has 3 N–H and O–H groups in total. The molecule has 1 aromatic rings. The van der Waals surface area contributed by atoms with Gasteiger partial charge in [0.05, 0.1) is 5.56 Å². The summed E-state index contributed by atoms with van der Waals surface area (Å²) in [5, 5.41) is 1.51. The molecule has 0 spiro atoms. The Labute approximate surface area is 110 Å². The Morgan fingerprint density at radius 2 is 1.95 bits per heavy atom. The van der Waals surface area contributed by atoms with E-state index in [2.05, 4.69) is 4.74 Å². The highest BCUT2D eigenvalue weighted by Crippen LogP contribution is 2.14. The third kappa shape index (κ3) is 5.12. The van der Waals surface area contributed by atoms with Crippen molar-refractivity contribution >= 4 is 17.6 Å². The minimum atomic E-state index is -4.56. The van der Waals surface area contributed by atoms with E-state index in [1.807, 2.05) is 0 Å². The van der Waals surface area contributed by atoms with Gasteiger partial charge in [-0.25, -0.2) is 9.18 Å². The van der Waals surface area contributed by atoms with E-state index in [1.165, 1.54) is 5.32 Å². The van der Waals surface area contributed by atoms with Gasteiger partial charge in [0.25, 0.3) is 5.91 Å². The van der Waals surface area contributed by atoms with Crippen molar-refractivity contribution in [2.75, 3.05) is 18.9 Å². The Hall–Kier alpha value is -2.32. The van der Waals surface area contributed by atoms with E-state index in [1.54, 1.807) is 0 Å². The lowest BCUT2D eigenvalue weighted by molar-refractivity contribution is -0.140. The number of hydrogen-bond acceptors (Lipinski definition) is 4. The Bertz CT molecular complexity index is 517. The molecule has 0 saturated heterocycles. The number of benzene rings is 1. The highest BCUT2D eigenvalue weighted by Gasteiger charge is 2.27. The van der Waals surface area contributed by atoms with Gasteiger partial charge in [0.1, 0.15) is 12.4 Å². The van der Waals surface area contributed by atoms with Gasteiger partial charge in [0.15, 0.2) is 6.61 Å². The van der Waals surface area contributed by atoms with E-state index in [0.29, 0.717) is 0 Å². The average molecular weight is 294 g/mol. The molecule has 0 heterocycles. The van der Waals surface area contributed by atoms with Gasteiger partial charge < -0.3 is 15.8 Å². The first-order valence-electron chi connectivity index (χ1n) is 5.24. The Morgan fingerprint density at radius 3 is 2.55 bits per heavy atom. The van der Waals surface area contributed by atoms with Gasteiger partial charge >= 0.3 is 12.1 Å². The Balaban J connectivity index is 2.51. The fourth-order valence-electron chi connectivity index (χ4n) is 1.16. The van der Waals surface area contributed by atoms with Gasteiger partial charge in [0.2, 0.25) is 0 Å². The van der Waals surface area contributed by atoms with Gasteiger partial charge in [-0.3, -0.25) is 4.79 Å².